The zero-order valence-corrected chi connectivity index (χ0v) is 29.1. The van der Waals surface area contributed by atoms with Gasteiger partial charge in [0, 0.05) is 11.9 Å². The van der Waals surface area contributed by atoms with Crippen LogP contribution in [0.1, 0.15) is 50.7 Å². The Morgan fingerprint density at radius 2 is 1.50 bits per heavy atom. The van der Waals surface area contributed by atoms with E-state index in [1.807, 2.05) is 42.5 Å². The fourth-order valence-electron chi connectivity index (χ4n) is 6.10. The molecule has 0 radical (unpaired) electrons. The molecular weight excluding hydrogens is 741 g/mol. The molecule has 8 rings (SSSR count). The minimum atomic E-state index is 0. The first-order valence-corrected chi connectivity index (χ1v) is 15.6. The molecule has 1 aliphatic rings. The van der Waals surface area contributed by atoms with Crippen LogP contribution < -0.4 is 9.47 Å². The summed E-state index contributed by atoms with van der Waals surface area (Å²) in [6.45, 7) is 9.05. The molecule has 0 saturated heterocycles. The van der Waals surface area contributed by atoms with Gasteiger partial charge in [-0.1, -0.05) is 81.9 Å². The zero-order valence-electron chi connectivity index (χ0n) is 26.7. The Morgan fingerprint density at radius 3 is 2.20 bits per heavy atom. The van der Waals surface area contributed by atoms with E-state index < -0.39 is 0 Å². The summed E-state index contributed by atoms with van der Waals surface area (Å²) in [5.41, 5.74) is 11.6. The van der Waals surface area contributed by atoms with E-state index in [4.69, 9.17) is 0 Å². The number of hydrogen-bond donors (Lipinski definition) is 0. The van der Waals surface area contributed by atoms with Crippen LogP contribution >= 0.6 is 0 Å². The number of aromatic nitrogens is 3. The molecule has 2 aromatic heterocycles. The van der Waals surface area contributed by atoms with Crippen molar-refractivity contribution < 1.29 is 24.7 Å². The molecule has 0 atom stereocenters. The van der Waals surface area contributed by atoms with Crippen molar-refractivity contribution in [2.75, 3.05) is 11.9 Å². The molecule has 5 heteroatoms. The van der Waals surface area contributed by atoms with Gasteiger partial charge in [0.25, 0.3) is 6.33 Å². The smallest absolute Gasteiger partial charge is 0.403 e. The summed E-state index contributed by atoms with van der Waals surface area (Å²) in [6, 6.07) is 44.5. The van der Waals surface area contributed by atoms with Gasteiger partial charge in [-0.05, 0) is 65.7 Å². The van der Waals surface area contributed by atoms with Crippen LogP contribution in [0.2, 0.25) is 0 Å². The van der Waals surface area contributed by atoms with Gasteiger partial charge in [0.2, 0.25) is 0 Å². The van der Waals surface area contributed by atoms with Crippen LogP contribution in [-0.2, 0) is 20.1 Å². The fraction of sp³-hybridized carbons (Fsp3) is 0.171. The number of hydrogen-bond acceptors (Lipinski definition) is 2. The normalized spacial score (nSPS) is 11.8. The molecule has 46 heavy (non-hydrogen) atoms. The Bertz CT molecular complexity index is 2070. The Kier molecular flexibility index (Phi) is 8.90. The van der Waals surface area contributed by atoms with Gasteiger partial charge >= 0.3 is 20.1 Å². The maximum Gasteiger partial charge on any atom is 3.00 e. The van der Waals surface area contributed by atoms with Gasteiger partial charge in [-0.15, -0.1) is 52.7 Å². The molecule has 0 amide bonds. The molecule has 0 fully saturated rings. The number of imidazole rings is 1. The Morgan fingerprint density at radius 1 is 0.761 bits per heavy atom. The van der Waals surface area contributed by atoms with Crippen LogP contribution in [0.15, 0.2) is 115 Å². The number of nitrogens with zero attached hydrogens (tertiary/aromatic N) is 4. The van der Waals surface area contributed by atoms with E-state index >= 15 is 0 Å². The molecule has 0 saturated carbocycles. The van der Waals surface area contributed by atoms with Crippen LogP contribution in [0.3, 0.4) is 0 Å². The largest absolute Gasteiger partial charge is 3.00 e. The molecule has 0 aliphatic carbocycles. The number of fused-ring (bicyclic) bond motifs is 4. The third-order valence-electron chi connectivity index (χ3n) is 8.59. The first-order chi connectivity index (χ1) is 21.9. The average Bonchev–Trinajstić information content (AvgIpc) is 3.48. The summed E-state index contributed by atoms with van der Waals surface area (Å²) in [6.07, 6.45) is 5.48. The minimum absolute atomic E-state index is 0. The van der Waals surface area contributed by atoms with Crippen molar-refractivity contribution in [3.63, 3.8) is 0 Å². The van der Waals surface area contributed by atoms with Crippen molar-refractivity contribution in [2.24, 2.45) is 0 Å². The van der Waals surface area contributed by atoms with Gasteiger partial charge in [0.1, 0.15) is 5.52 Å². The topological polar surface area (TPSA) is 24.9 Å². The molecule has 0 N–H and O–H groups in total. The molecule has 4 nitrogen and oxygen atoms in total. The van der Waals surface area contributed by atoms with E-state index in [0.717, 1.165) is 28.1 Å². The Hall–Kier alpha value is -4.57. The Labute approximate surface area is 285 Å². The van der Waals surface area contributed by atoms with Crippen LogP contribution in [0.25, 0.3) is 44.4 Å². The van der Waals surface area contributed by atoms with E-state index in [-0.39, 0.29) is 20.1 Å². The molecule has 0 spiro atoms. The van der Waals surface area contributed by atoms with E-state index in [2.05, 4.69) is 139 Å². The minimum Gasteiger partial charge on any atom is -0.403 e. The first-order valence-electron chi connectivity index (χ1n) is 15.6. The number of pyridine rings is 1. The van der Waals surface area contributed by atoms with E-state index in [0.29, 0.717) is 11.8 Å². The van der Waals surface area contributed by atoms with Crippen LogP contribution in [0, 0.1) is 18.5 Å². The maximum atomic E-state index is 4.22. The van der Waals surface area contributed by atoms with Gasteiger partial charge in [-0.3, -0.25) is 4.57 Å². The average molecular weight is 777 g/mol. The predicted molar refractivity (Wildman–Crippen MR) is 185 cm³/mol. The van der Waals surface area contributed by atoms with Crippen LogP contribution in [-0.4, -0.2) is 16.6 Å². The van der Waals surface area contributed by atoms with E-state index in [9.17, 15) is 0 Å². The van der Waals surface area contributed by atoms with E-state index in [1.54, 1.807) is 6.20 Å². The standard InChI is InChI=1S/C30H28N3.C11H8N.Ir/c1-19(2)22-15-23(20(3)4)17-24(16-22)32-18-33-28-14-13-21-9-6-7-10-25(21)29(28)31(5)26-11-8-12-27(32)30(26)33;1-2-6-10(7-3-1)11-8-4-5-9-12-11;/h6-13,15-17,19-20H,1-5H3;1-6,8-9H;/q2*-1;+3. The summed E-state index contributed by atoms with van der Waals surface area (Å²) in [4.78, 5) is 6.52. The quantitative estimate of drug-likeness (QED) is 0.132. The SMILES string of the molecule is CC(C)c1cc(C(C)C)cc(-n2[c-][n+]3c4c(cccc42)N(C)c2c-3[c-]cc3ccccc23)c1.[Ir+3].[c-]1ccccc1-c1ccccn1. The van der Waals surface area contributed by atoms with Crippen LogP contribution in [0.5, 0.6) is 0 Å². The summed E-state index contributed by atoms with van der Waals surface area (Å²) in [5.74, 6) is 0.934. The first kappa shape index (κ1) is 31.4. The number of para-hydroxylation sites is 1. The van der Waals surface area contributed by atoms with E-state index in [1.165, 1.54) is 38.8 Å². The number of anilines is 2. The fourth-order valence-corrected chi connectivity index (χ4v) is 6.10. The summed E-state index contributed by atoms with van der Waals surface area (Å²) < 4.78 is 4.42. The van der Waals surface area contributed by atoms with Crippen molar-refractivity contribution in [3.8, 4) is 22.6 Å². The van der Waals surface area contributed by atoms with Crippen molar-refractivity contribution >= 4 is 33.2 Å². The number of benzene rings is 5. The van der Waals surface area contributed by atoms with Gasteiger partial charge < -0.3 is 14.5 Å². The molecule has 0 bridgehead atoms. The summed E-state index contributed by atoms with van der Waals surface area (Å²) in [5, 5.41) is 2.43. The van der Waals surface area contributed by atoms with Gasteiger partial charge in [0.05, 0.1) is 11.2 Å². The molecule has 7 aromatic rings. The second-order valence-corrected chi connectivity index (χ2v) is 12.2. The predicted octanol–water partition coefficient (Wildman–Crippen LogP) is 9.54. The second kappa shape index (κ2) is 13.0. The molecule has 3 heterocycles. The molecule has 1 aliphatic heterocycles. The van der Waals surface area contributed by atoms with Crippen LogP contribution in [0.4, 0.5) is 11.4 Å². The second-order valence-electron chi connectivity index (χ2n) is 12.2. The van der Waals surface area contributed by atoms with Crippen molar-refractivity contribution in [1.82, 2.24) is 9.55 Å². The van der Waals surface area contributed by atoms with Crippen molar-refractivity contribution in [2.45, 2.75) is 39.5 Å². The molecule has 5 aromatic carbocycles. The van der Waals surface area contributed by atoms with Crippen molar-refractivity contribution in [1.29, 1.82) is 0 Å². The summed E-state index contributed by atoms with van der Waals surface area (Å²) in [7, 11) is 2.16. The Balaban J connectivity index is 0.000000241. The zero-order chi connectivity index (χ0) is 31.1. The van der Waals surface area contributed by atoms with Gasteiger partial charge in [-0.25, -0.2) is 0 Å². The monoisotopic (exact) mass is 777 g/mol. The third-order valence-corrected chi connectivity index (χ3v) is 8.59. The summed E-state index contributed by atoms with van der Waals surface area (Å²) >= 11 is 0. The van der Waals surface area contributed by atoms with Crippen molar-refractivity contribution in [3.05, 3.63) is 145 Å². The molecule has 228 valence electrons. The number of rotatable bonds is 4. The maximum absolute atomic E-state index is 4.22. The molecular formula is C41H36IrN4+. The third kappa shape index (κ3) is 5.66. The van der Waals surface area contributed by atoms with Gasteiger partial charge in [-0.2, -0.15) is 12.1 Å². The van der Waals surface area contributed by atoms with Gasteiger partial charge in [0.15, 0.2) is 0 Å². The molecule has 0 unspecified atom stereocenters.